The Bertz CT molecular complexity index is 348. The van der Waals surface area contributed by atoms with Gasteiger partial charge in [-0.2, -0.15) is 0 Å². The summed E-state index contributed by atoms with van der Waals surface area (Å²) in [5.74, 6) is 10.7. The topological polar surface area (TPSA) is 40.5 Å². The largest absolute Gasteiger partial charge is 0.384 e. The van der Waals surface area contributed by atoms with Gasteiger partial charge in [0, 0.05) is 10.8 Å². The molecule has 0 amide bonds. The van der Waals surface area contributed by atoms with E-state index in [1.165, 1.54) is 11.3 Å². The maximum Gasteiger partial charge on any atom is 0.104 e. The average Bonchev–Trinajstić information content (AvgIpc) is 2.59. The fourth-order valence-corrected chi connectivity index (χ4v) is 1.47. The van der Waals surface area contributed by atoms with E-state index in [1.807, 2.05) is 10.8 Å². The second-order valence-electron chi connectivity index (χ2n) is 2.12. The monoisotopic (exact) mass is 192 g/mol. The highest BCUT2D eigenvalue weighted by Gasteiger charge is 1.95. The van der Waals surface area contributed by atoms with Crippen LogP contribution in [-0.4, -0.2) is 23.4 Å². The Morgan fingerprint density at radius 2 is 1.46 bits per heavy atom. The van der Waals surface area contributed by atoms with Crippen LogP contribution in [0.4, 0.5) is 0 Å². The van der Waals surface area contributed by atoms with Crippen molar-refractivity contribution in [1.82, 2.24) is 0 Å². The van der Waals surface area contributed by atoms with Crippen LogP contribution in [0.2, 0.25) is 0 Å². The highest BCUT2D eigenvalue weighted by atomic mass is 32.1. The minimum Gasteiger partial charge on any atom is -0.384 e. The van der Waals surface area contributed by atoms with Gasteiger partial charge >= 0.3 is 0 Å². The molecule has 66 valence electrons. The highest BCUT2D eigenvalue weighted by Crippen LogP contribution is 2.12. The van der Waals surface area contributed by atoms with E-state index >= 15 is 0 Å². The molecule has 0 saturated carbocycles. The summed E-state index contributed by atoms with van der Waals surface area (Å²) in [6.07, 6.45) is 0. The predicted molar refractivity (Wildman–Crippen MR) is 52.2 cm³/mol. The Kier molecular flexibility index (Phi) is 4.08. The number of aliphatic hydroxyl groups excluding tert-OH is 2. The van der Waals surface area contributed by atoms with Crippen LogP contribution >= 0.6 is 11.3 Å². The van der Waals surface area contributed by atoms with Crippen LogP contribution in [0.1, 0.15) is 11.1 Å². The minimum absolute atomic E-state index is 0.150. The molecule has 1 aromatic rings. The maximum atomic E-state index is 8.49. The lowest BCUT2D eigenvalue weighted by atomic mass is 10.2. The van der Waals surface area contributed by atoms with Crippen molar-refractivity contribution >= 4 is 11.3 Å². The number of hydrogen-bond donors (Lipinski definition) is 2. The molecule has 0 aliphatic carbocycles. The van der Waals surface area contributed by atoms with Gasteiger partial charge in [0.1, 0.15) is 13.2 Å². The van der Waals surface area contributed by atoms with E-state index in [1.54, 1.807) is 0 Å². The third-order valence-corrected chi connectivity index (χ3v) is 2.01. The van der Waals surface area contributed by atoms with Crippen molar-refractivity contribution in [2.24, 2.45) is 0 Å². The van der Waals surface area contributed by atoms with E-state index in [0.29, 0.717) is 0 Å². The van der Waals surface area contributed by atoms with Crippen molar-refractivity contribution in [3.05, 3.63) is 21.9 Å². The fraction of sp³-hybridized carbons (Fsp3) is 0.200. The van der Waals surface area contributed by atoms with Gasteiger partial charge in [0.25, 0.3) is 0 Å². The molecule has 3 heteroatoms. The van der Waals surface area contributed by atoms with Gasteiger partial charge < -0.3 is 10.2 Å². The van der Waals surface area contributed by atoms with Crippen LogP contribution in [0, 0.1) is 23.7 Å². The quantitative estimate of drug-likeness (QED) is 0.585. The molecule has 0 aliphatic heterocycles. The molecular formula is C10H8O2S. The smallest absolute Gasteiger partial charge is 0.104 e. The third-order valence-electron chi connectivity index (χ3n) is 1.27. The second kappa shape index (κ2) is 5.40. The normalized spacial score (nSPS) is 8.15. The molecule has 0 spiro atoms. The molecule has 0 radical (unpaired) electrons. The van der Waals surface area contributed by atoms with Gasteiger partial charge in [-0.3, -0.25) is 0 Å². The predicted octanol–water partition coefficient (Wildman–Crippen LogP) is 0.436. The summed E-state index contributed by atoms with van der Waals surface area (Å²) in [4.78, 5) is 0. The zero-order chi connectivity index (χ0) is 9.52. The third kappa shape index (κ3) is 2.93. The molecule has 0 aliphatic rings. The standard InChI is InChI=1S/C10H8O2S/c11-5-1-3-9-7-13-8-10(9)4-2-6-12/h7-8,11-12H,5-6H2. The lowest BCUT2D eigenvalue weighted by Gasteiger charge is -1.83. The van der Waals surface area contributed by atoms with Gasteiger partial charge in [0.2, 0.25) is 0 Å². The molecule has 0 atom stereocenters. The van der Waals surface area contributed by atoms with Gasteiger partial charge in [0.05, 0.1) is 11.1 Å². The molecule has 0 saturated heterocycles. The van der Waals surface area contributed by atoms with E-state index in [2.05, 4.69) is 23.7 Å². The molecule has 1 heterocycles. The Hall–Kier alpha value is -1.26. The first kappa shape index (κ1) is 9.83. The van der Waals surface area contributed by atoms with E-state index < -0.39 is 0 Å². The van der Waals surface area contributed by atoms with Crippen LogP contribution < -0.4 is 0 Å². The van der Waals surface area contributed by atoms with E-state index in [0.717, 1.165) is 11.1 Å². The summed E-state index contributed by atoms with van der Waals surface area (Å²) in [6, 6.07) is 0. The Balaban J connectivity index is 2.89. The van der Waals surface area contributed by atoms with Crippen molar-refractivity contribution < 1.29 is 10.2 Å². The van der Waals surface area contributed by atoms with Crippen LogP contribution in [0.15, 0.2) is 10.8 Å². The lowest BCUT2D eigenvalue weighted by molar-refractivity contribution is 0.350. The molecule has 13 heavy (non-hydrogen) atoms. The van der Waals surface area contributed by atoms with E-state index in [-0.39, 0.29) is 13.2 Å². The van der Waals surface area contributed by atoms with E-state index in [9.17, 15) is 0 Å². The average molecular weight is 192 g/mol. The Morgan fingerprint density at radius 1 is 1.00 bits per heavy atom. The Morgan fingerprint density at radius 3 is 1.85 bits per heavy atom. The number of aliphatic hydroxyl groups is 2. The van der Waals surface area contributed by atoms with Crippen molar-refractivity contribution in [1.29, 1.82) is 0 Å². The van der Waals surface area contributed by atoms with Crippen LogP contribution in [0.5, 0.6) is 0 Å². The van der Waals surface area contributed by atoms with Crippen LogP contribution in [0.3, 0.4) is 0 Å². The first-order chi connectivity index (χ1) is 6.38. The van der Waals surface area contributed by atoms with Crippen molar-refractivity contribution in [2.45, 2.75) is 0 Å². The summed E-state index contributed by atoms with van der Waals surface area (Å²) in [7, 11) is 0. The number of thiophene rings is 1. The van der Waals surface area contributed by atoms with E-state index in [4.69, 9.17) is 10.2 Å². The molecule has 1 aromatic heterocycles. The molecule has 0 bridgehead atoms. The Labute approximate surface area is 80.8 Å². The van der Waals surface area contributed by atoms with Crippen molar-refractivity contribution in [3.8, 4) is 23.7 Å². The molecular weight excluding hydrogens is 184 g/mol. The van der Waals surface area contributed by atoms with Gasteiger partial charge in [-0.1, -0.05) is 23.7 Å². The number of rotatable bonds is 0. The summed E-state index contributed by atoms with van der Waals surface area (Å²) in [6.45, 7) is -0.300. The SMILES string of the molecule is OCC#Cc1cscc1C#CCO. The van der Waals surface area contributed by atoms with Gasteiger partial charge in [0.15, 0.2) is 0 Å². The molecule has 1 rings (SSSR count). The van der Waals surface area contributed by atoms with Gasteiger partial charge in [-0.25, -0.2) is 0 Å². The zero-order valence-corrected chi connectivity index (χ0v) is 7.69. The first-order valence-electron chi connectivity index (χ1n) is 3.64. The molecule has 2 nitrogen and oxygen atoms in total. The molecule has 0 aromatic carbocycles. The molecule has 2 N–H and O–H groups in total. The summed E-state index contributed by atoms with van der Waals surface area (Å²) >= 11 is 1.50. The summed E-state index contributed by atoms with van der Waals surface area (Å²) in [5, 5.41) is 20.7. The number of hydrogen-bond acceptors (Lipinski definition) is 3. The van der Waals surface area contributed by atoms with Crippen molar-refractivity contribution in [3.63, 3.8) is 0 Å². The second-order valence-corrected chi connectivity index (χ2v) is 2.86. The zero-order valence-electron chi connectivity index (χ0n) is 6.87. The van der Waals surface area contributed by atoms with Gasteiger partial charge in [-0.15, -0.1) is 11.3 Å². The summed E-state index contributed by atoms with van der Waals surface area (Å²) in [5.41, 5.74) is 1.61. The molecule has 0 unspecified atom stereocenters. The fourth-order valence-electron chi connectivity index (χ4n) is 0.760. The first-order valence-corrected chi connectivity index (χ1v) is 4.58. The minimum atomic E-state index is -0.150. The van der Waals surface area contributed by atoms with Crippen LogP contribution in [-0.2, 0) is 0 Å². The summed E-state index contributed by atoms with van der Waals surface area (Å²) < 4.78 is 0. The molecule has 0 fully saturated rings. The van der Waals surface area contributed by atoms with Crippen molar-refractivity contribution in [2.75, 3.05) is 13.2 Å². The van der Waals surface area contributed by atoms with Gasteiger partial charge in [-0.05, 0) is 0 Å². The lowest BCUT2D eigenvalue weighted by Crippen LogP contribution is -1.79. The highest BCUT2D eigenvalue weighted by molar-refractivity contribution is 7.08. The van der Waals surface area contributed by atoms with Crippen LogP contribution in [0.25, 0.3) is 0 Å². The maximum absolute atomic E-state index is 8.49.